The molecule has 2 aromatic rings. The molecule has 0 bridgehead atoms. The Morgan fingerprint density at radius 3 is 2.60 bits per heavy atom. The molecule has 0 saturated heterocycles. The second-order valence-electron chi connectivity index (χ2n) is 5.93. The van der Waals surface area contributed by atoms with Gasteiger partial charge < -0.3 is 5.73 Å². The van der Waals surface area contributed by atoms with Gasteiger partial charge in [0.1, 0.15) is 0 Å². The first-order valence-electron chi connectivity index (χ1n) is 7.02. The first-order chi connectivity index (χ1) is 9.48. The average molecular weight is 334 g/mol. The minimum absolute atomic E-state index is 0.104. The van der Waals surface area contributed by atoms with Crippen LogP contribution in [0, 0.1) is 20.8 Å². The van der Waals surface area contributed by atoms with Crippen molar-refractivity contribution in [2.45, 2.75) is 39.0 Å². The van der Waals surface area contributed by atoms with Gasteiger partial charge in [-0.1, -0.05) is 12.1 Å². The second kappa shape index (κ2) is 4.71. The Morgan fingerprint density at radius 1 is 1.30 bits per heavy atom. The summed E-state index contributed by atoms with van der Waals surface area (Å²) in [7, 11) is 0. The van der Waals surface area contributed by atoms with E-state index < -0.39 is 0 Å². The fourth-order valence-electron chi connectivity index (χ4n) is 2.69. The van der Waals surface area contributed by atoms with Gasteiger partial charge in [0.15, 0.2) is 0 Å². The van der Waals surface area contributed by atoms with Crippen LogP contribution in [-0.2, 0) is 5.41 Å². The van der Waals surface area contributed by atoms with Crippen LogP contribution in [0.1, 0.15) is 35.4 Å². The molecule has 1 aromatic heterocycles. The second-order valence-corrected chi connectivity index (χ2v) is 6.73. The zero-order valence-corrected chi connectivity index (χ0v) is 13.8. The number of rotatable bonds is 3. The van der Waals surface area contributed by atoms with Crippen molar-refractivity contribution in [3.05, 3.63) is 45.2 Å². The summed E-state index contributed by atoms with van der Waals surface area (Å²) in [5, 5.41) is 4.88. The van der Waals surface area contributed by atoms with Crippen LogP contribution in [0.15, 0.2) is 22.7 Å². The Kier molecular flexibility index (Phi) is 3.26. The van der Waals surface area contributed by atoms with Gasteiger partial charge in [0.2, 0.25) is 0 Å². The Morgan fingerprint density at radius 2 is 2.00 bits per heavy atom. The van der Waals surface area contributed by atoms with E-state index in [9.17, 15) is 0 Å². The molecule has 0 aliphatic heterocycles. The van der Waals surface area contributed by atoms with Gasteiger partial charge in [-0.3, -0.25) is 0 Å². The third-order valence-corrected chi connectivity index (χ3v) is 5.33. The van der Waals surface area contributed by atoms with Crippen LogP contribution in [0.3, 0.4) is 0 Å². The molecule has 1 saturated carbocycles. The molecule has 106 valence electrons. The molecule has 3 nitrogen and oxygen atoms in total. The van der Waals surface area contributed by atoms with Crippen LogP contribution in [0.4, 0.5) is 0 Å². The average Bonchev–Trinajstić information content (AvgIpc) is 3.17. The molecule has 0 spiro atoms. The standard InChI is InChI=1S/C16H20BrN3/c1-10-4-5-11(2)13(8-10)20-12(3)14(17)15(19-20)16(9-18)6-7-16/h4-5,8H,6-7,9,18H2,1-3H3. The van der Waals surface area contributed by atoms with Gasteiger partial charge in [-0.25, -0.2) is 4.68 Å². The van der Waals surface area contributed by atoms with Gasteiger partial charge in [0, 0.05) is 12.0 Å². The van der Waals surface area contributed by atoms with E-state index in [2.05, 4.69) is 59.6 Å². The highest BCUT2D eigenvalue weighted by Gasteiger charge is 2.47. The molecule has 0 unspecified atom stereocenters. The van der Waals surface area contributed by atoms with Crippen molar-refractivity contribution in [1.82, 2.24) is 9.78 Å². The summed E-state index contributed by atoms with van der Waals surface area (Å²) in [5.74, 6) is 0. The Labute approximate surface area is 128 Å². The molecule has 0 atom stereocenters. The van der Waals surface area contributed by atoms with Crippen LogP contribution >= 0.6 is 15.9 Å². The van der Waals surface area contributed by atoms with E-state index in [1.807, 2.05) is 0 Å². The highest BCUT2D eigenvalue weighted by molar-refractivity contribution is 9.10. The lowest BCUT2D eigenvalue weighted by atomic mass is 10.0. The van der Waals surface area contributed by atoms with E-state index in [0.29, 0.717) is 6.54 Å². The van der Waals surface area contributed by atoms with E-state index in [0.717, 1.165) is 34.4 Å². The van der Waals surface area contributed by atoms with E-state index in [1.54, 1.807) is 0 Å². The Balaban J connectivity index is 2.16. The maximum Gasteiger partial charge on any atom is 0.0848 e. The van der Waals surface area contributed by atoms with Gasteiger partial charge in [-0.15, -0.1) is 0 Å². The van der Waals surface area contributed by atoms with Gasteiger partial charge >= 0.3 is 0 Å². The van der Waals surface area contributed by atoms with Gasteiger partial charge in [-0.2, -0.15) is 5.10 Å². The maximum absolute atomic E-state index is 5.95. The van der Waals surface area contributed by atoms with Crippen molar-refractivity contribution < 1.29 is 0 Å². The monoisotopic (exact) mass is 333 g/mol. The normalized spacial score (nSPS) is 16.4. The van der Waals surface area contributed by atoms with Crippen LogP contribution in [0.5, 0.6) is 0 Å². The summed E-state index contributed by atoms with van der Waals surface area (Å²) in [5.41, 5.74) is 12.0. The van der Waals surface area contributed by atoms with Crippen molar-refractivity contribution in [2.75, 3.05) is 6.54 Å². The van der Waals surface area contributed by atoms with E-state index in [-0.39, 0.29) is 5.41 Å². The minimum atomic E-state index is 0.104. The molecule has 4 heteroatoms. The number of hydrogen-bond donors (Lipinski definition) is 1. The molecule has 3 rings (SSSR count). The molecule has 1 aromatic carbocycles. The zero-order chi connectivity index (χ0) is 14.5. The number of aryl methyl sites for hydroxylation is 2. The van der Waals surface area contributed by atoms with Gasteiger partial charge in [0.25, 0.3) is 0 Å². The largest absolute Gasteiger partial charge is 0.330 e. The molecule has 2 N–H and O–H groups in total. The predicted molar refractivity (Wildman–Crippen MR) is 85.4 cm³/mol. The summed E-state index contributed by atoms with van der Waals surface area (Å²) in [4.78, 5) is 0. The highest BCUT2D eigenvalue weighted by Crippen LogP contribution is 2.49. The molecular weight excluding hydrogens is 314 g/mol. The number of nitrogens with two attached hydrogens (primary N) is 1. The summed E-state index contributed by atoms with van der Waals surface area (Å²) in [6.07, 6.45) is 2.29. The fraction of sp³-hybridized carbons (Fsp3) is 0.438. The predicted octanol–water partition coefficient (Wildman–Crippen LogP) is 3.55. The third-order valence-electron chi connectivity index (χ3n) is 4.38. The van der Waals surface area contributed by atoms with E-state index >= 15 is 0 Å². The first kappa shape index (κ1) is 13.8. The molecule has 20 heavy (non-hydrogen) atoms. The molecule has 1 heterocycles. The third kappa shape index (κ3) is 2.02. The van der Waals surface area contributed by atoms with Crippen LogP contribution in [0.2, 0.25) is 0 Å². The molecular formula is C16H20BrN3. The molecule has 1 aliphatic rings. The fourth-order valence-corrected chi connectivity index (χ4v) is 3.36. The molecule has 0 amide bonds. The minimum Gasteiger partial charge on any atom is -0.330 e. The molecule has 1 fully saturated rings. The number of halogens is 1. The van der Waals surface area contributed by atoms with Crippen LogP contribution in [-0.4, -0.2) is 16.3 Å². The van der Waals surface area contributed by atoms with Crippen molar-refractivity contribution in [3.8, 4) is 5.69 Å². The Bertz CT molecular complexity index is 669. The number of nitrogens with zero attached hydrogens (tertiary/aromatic N) is 2. The maximum atomic E-state index is 5.95. The summed E-state index contributed by atoms with van der Waals surface area (Å²) < 4.78 is 3.17. The lowest BCUT2D eigenvalue weighted by Gasteiger charge is -2.10. The number of aromatic nitrogens is 2. The van der Waals surface area contributed by atoms with E-state index in [1.165, 1.54) is 11.1 Å². The quantitative estimate of drug-likeness (QED) is 0.933. The topological polar surface area (TPSA) is 43.8 Å². The number of hydrogen-bond acceptors (Lipinski definition) is 2. The highest BCUT2D eigenvalue weighted by atomic mass is 79.9. The van der Waals surface area contributed by atoms with Crippen molar-refractivity contribution >= 4 is 15.9 Å². The van der Waals surface area contributed by atoms with Crippen molar-refractivity contribution in [3.63, 3.8) is 0 Å². The lowest BCUT2D eigenvalue weighted by Crippen LogP contribution is -2.21. The Hall–Kier alpha value is -1.13. The summed E-state index contributed by atoms with van der Waals surface area (Å²) >= 11 is 3.72. The van der Waals surface area contributed by atoms with Gasteiger partial charge in [-0.05, 0) is 66.7 Å². The summed E-state index contributed by atoms with van der Waals surface area (Å²) in [6.45, 7) is 7.02. The van der Waals surface area contributed by atoms with Crippen molar-refractivity contribution in [1.29, 1.82) is 0 Å². The van der Waals surface area contributed by atoms with Gasteiger partial charge in [0.05, 0.1) is 21.5 Å². The molecule has 0 radical (unpaired) electrons. The SMILES string of the molecule is Cc1ccc(C)c(-n2nc(C3(CN)CC3)c(Br)c2C)c1. The summed E-state index contributed by atoms with van der Waals surface area (Å²) in [6, 6.07) is 6.47. The first-order valence-corrected chi connectivity index (χ1v) is 7.81. The van der Waals surface area contributed by atoms with Crippen LogP contribution in [0.25, 0.3) is 5.69 Å². The van der Waals surface area contributed by atoms with Crippen molar-refractivity contribution in [2.24, 2.45) is 5.73 Å². The van der Waals surface area contributed by atoms with E-state index in [4.69, 9.17) is 10.8 Å². The smallest absolute Gasteiger partial charge is 0.0848 e. The zero-order valence-electron chi connectivity index (χ0n) is 12.2. The lowest BCUT2D eigenvalue weighted by molar-refractivity contribution is 0.657. The van der Waals surface area contributed by atoms with Crippen LogP contribution < -0.4 is 5.73 Å². The number of benzene rings is 1. The molecule has 1 aliphatic carbocycles.